The topological polar surface area (TPSA) is 18.5 Å². The van der Waals surface area contributed by atoms with Crippen molar-refractivity contribution in [3.63, 3.8) is 0 Å². The van der Waals surface area contributed by atoms with Crippen molar-refractivity contribution in [2.24, 2.45) is 0 Å². The van der Waals surface area contributed by atoms with Gasteiger partial charge in [-0.1, -0.05) is 0 Å². The van der Waals surface area contributed by atoms with Crippen LogP contribution in [-0.2, 0) is 0 Å². The summed E-state index contributed by atoms with van der Waals surface area (Å²) in [4.78, 5) is 0. The first-order valence-corrected chi connectivity index (χ1v) is 9.69. The molecule has 0 saturated carbocycles. The van der Waals surface area contributed by atoms with Gasteiger partial charge in [0.15, 0.2) is 0 Å². The third-order valence-corrected chi connectivity index (χ3v) is 9.32. The molecule has 0 aliphatic heterocycles. The van der Waals surface area contributed by atoms with E-state index in [2.05, 4.69) is 36.4 Å². The Balaban J connectivity index is 2.09. The van der Waals surface area contributed by atoms with Crippen LogP contribution in [0.2, 0.25) is 0 Å². The molecule has 4 heteroatoms. The fourth-order valence-electron chi connectivity index (χ4n) is 2.53. The molecule has 20 heavy (non-hydrogen) atoms. The van der Waals surface area contributed by atoms with Crippen LogP contribution in [0.15, 0.2) is 36.4 Å². The van der Waals surface area contributed by atoms with E-state index in [1.54, 1.807) is 17.4 Å². The van der Waals surface area contributed by atoms with Crippen molar-refractivity contribution < 1.29 is 9.47 Å². The van der Waals surface area contributed by atoms with Crippen molar-refractivity contribution in [3.8, 4) is 11.5 Å². The monoisotopic (exact) mass is 396 g/mol. The SMILES string of the molecule is COc1ccc2c(c1)[se]c1[se]c3cc(OC)ccc3c12. The summed E-state index contributed by atoms with van der Waals surface area (Å²) in [5.74, 6) is 1.93. The Morgan fingerprint density at radius 3 is 1.70 bits per heavy atom. The zero-order valence-electron chi connectivity index (χ0n) is 11.1. The fraction of sp³-hybridized carbons (Fsp3) is 0.125. The van der Waals surface area contributed by atoms with Gasteiger partial charge < -0.3 is 0 Å². The first-order chi connectivity index (χ1) is 9.80. The summed E-state index contributed by atoms with van der Waals surface area (Å²) < 4.78 is 15.3. The molecule has 2 nitrogen and oxygen atoms in total. The third-order valence-electron chi connectivity index (χ3n) is 3.53. The van der Waals surface area contributed by atoms with E-state index < -0.39 is 0 Å². The molecule has 0 unspecified atom stereocenters. The number of benzene rings is 2. The zero-order chi connectivity index (χ0) is 13.7. The van der Waals surface area contributed by atoms with Gasteiger partial charge in [0.05, 0.1) is 0 Å². The second-order valence-corrected chi connectivity index (χ2v) is 10.3. The first kappa shape index (κ1) is 12.6. The molecule has 100 valence electrons. The van der Waals surface area contributed by atoms with E-state index in [1.165, 1.54) is 24.7 Å². The van der Waals surface area contributed by atoms with Crippen LogP contribution < -0.4 is 9.47 Å². The van der Waals surface area contributed by atoms with Gasteiger partial charge in [-0.15, -0.1) is 0 Å². The van der Waals surface area contributed by atoms with Gasteiger partial charge in [0.25, 0.3) is 0 Å². The molecule has 0 aliphatic rings. The molecule has 4 aromatic rings. The maximum atomic E-state index is 5.34. The number of ether oxygens (including phenoxy) is 2. The normalized spacial score (nSPS) is 11.5. The number of rotatable bonds is 2. The average molecular weight is 394 g/mol. The number of hydrogen-bond donors (Lipinski definition) is 0. The molecular formula is C16H12O2Se2. The Hall–Kier alpha value is -1.18. The molecule has 2 aromatic heterocycles. The van der Waals surface area contributed by atoms with Gasteiger partial charge in [-0.2, -0.15) is 0 Å². The minimum absolute atomic E-state index is 0.450. The minimum atomic E-state index is 0.450. The Morgan fingerprint density at radius 2 is 1.25 bits per heavy atom. The van der Waals surface area contributed by atoms with Gasteiger partial charge in [0, 0.05) is 0 Å². The number of hydrogen-bond acceptors (Lipinski definition) is 2. The quantitative estimate of drug-likeness (QED) is 0.486. The van der Waals surface area contributed by atoms with Crippen LogP contribution in [0, 0.1) is 0 Å². The van der Waals surface area contributed by atoms with Crippen LogP contribution in [-0.4, -0.2) is 43.2 Å². The van der Waals surface area contributed by atoms with E-state index in [4.69, 9.17) is 9.47 Å². The molecule has 0 amide bonds. The van der Waals surface area contributed by atoms with E-state index in [0.29, 0.717) is 29.0 Å². The van der Waals surface area contributed by atoms with Crippen molar-refractivity contribution in [2.45, 2.75) is 0 Å². The molecule has 0 radical (unpaired) electrons. The first-order valence-electron chi connectivity index (χ1n) is 6.27. The molecule has 0 fully saturated rings. The summed E-state index contributed by atoms with van der Waals surface area (Å²) in [6, 6.07) is 13.0. The van der Waals surface area contributed by atoms with Gasteiger partial charge in [-0.25, -0.2) is 0 Å². The maximum absolute atomic E-state index is 5.34. The predicted octanol–water partition coefficient (Wildman–Crippen LogP) is 3.28. The number of fused-ring (bicyclic) bond motifs is 5. The summed E-state index contributed by atoms with van der Waals surface area (Å²) in [6.07, 6.45) is 0. The summed E-state index contributed by atoms with van der Waals surface area (Å²) in [6.45, 7) is 0. The van der Waals surface area contributed by atoms with E-state index in [0.717, 1.165) is 11.5 Å². The Bertz CT molecular complexity index is 861. The second-order valence-electron chi connectivity index (χ2n) is 4.59. The summed E-state index contributed by atoms with van der Waals surface area (Å²) in [5, 5.41) is 4.30. The number of methoxy groups -OCH3 is 2. The fourth-order valence-corrected chi connectivity index (χ4v) is 9.13. The summed E-state index contributed by atoms with van der Waals surface area (Å²) >= 11 is 0.900. The molecular weight excluding hydrogens is 382 g/mol. The molecule has 0 spiro atoms. The van der Waals surface area contributed by atoms with Crippen molar-refractivity contribution in [1.82, 2.24) is 0 Å². The van der Waals surface area contributed by atoms with Crippen molar-refractivity contribution >= 4 is 56.8 Å². The second kappa shape index (κ2) is 4.68. The predicted molar refractivity (Wildman–Crippen MR) is 85.9 cm³/mol. The van der Waals surface area contributed by atoms with E-state index in [-0.39, 0.29) is 0 Å². The average Bonchev–Trinajstić information content (AvgIpc) is 3.00. The van der Waals surface area contributed by atoms with Crippen LogP contribution in [0.5, 0.6) is 11.5 Å². The standard InChI is InChI=1S/C16H12O2Se2/c1-17-9-3-5-11-13(7-9)19-16-15(11)12-6-4-10(18-2)8-14(12)20-16/h3-8H,1-2H3. The van der Waals surface area contributed by atoms with Crippen molar-refractivity contribution in [2.75, 3.05) is 14.2 Å². The van der Waals surface area contributed by atoms with Crippen molar-refractivity contribution in [3.05, 3.63) is 36.4 Å². The third kappa shape index (κ3) is 1.77. The Kier molecular flexibility index (Phi) is 2.94. The van der Waals surface area contributed by atoms with Crippen LogP contribution >= 0.6 is 0 Å². The molecule has 0 saturated heterocycles. The Morgan fingerprint density at radius 1 is 0.750 bits per heavy atom. The van der Waals surface area contributed by atoms with Crippen LogP contribution in [0.3, 0.4) is 0 Å². The Labute approximate surface area is 128 Å². The molecule has 0 bridgehead atoms. The molecule has 0 N–H and O–H groups in total. The van der Waals surface area contributed by atoms with E-state index in [1.807, 2.05) is 0 Å². The van der Waals surface area contributed by atoms with Crippen LogP contribution in [0.1, 0.15) is 0 Å². The van der Waals surface area contributed by atoms with E-state index >= 15 is 0 Å². The van der Waals surface area contributed by atoms with E-state index in [9.17, 15) is 0 Å². The van der Waals surface area contributed by atoms with Crippen LogP contribution in [0.25, 0.3) is 27.8 Å². The van der Waals surface area contributed by atoms with Crippen molar-refractivity contribution in [1.29, 1.82) is 0 Å². The molecule has 4 rings (SSSR count). The molecule has 2 aromatic carbocycles. The van der Waals surface area contributed by atoms with Gasteiger partial charge in [-0.3, -0.25) is 0 Å². The zero-order valence-corrected chi connectivity index (χ0v) is 14.5. The van der Waals surface area contributed by atoms with Gasteiger partial charge in [-0.05, 0) is 0 Å². The van der Waals surface area contributed by atoms with Gasteiger partial charge in [0.2, 0.25) is 0 Å². The summed E-state index contributed by atoms with van der Waals surface area (Å²) in [7, 11) is 3.46. The van der Waals surface area contributed by atoms with Crippen LogP contribution in [0.4, 0.5) is 0 Å². The summed E-state index contributed by atoms with van der Waals surface area (Å²) in [5.41, 5.74) is 0. The molecule has 0 aliphatic carbocycles. The van der Waals surface area contributed by atoms with Gasteiger partial charge in [0.1, 0.15) is 0 Å². The molecule has 2 heterocycles. The van der Waals surface area contributed by atoms with Gasteiger partial charge >= 0.3 is 128 Å². The molecule has 0 atom stereocenters.